The summed E-state index contributed by atoms with van der Waals surface area (Å²) >= 11 is 6.20. The lowest BCUT2D eigenvalue weighted by Gasteiger charge is -2.26. The maximum atomic E-state index is 9.66. The zero-order valence-electron chi connectivity index (χ0n) is 11.0. The summed E-state index contributed by atoms with van der Waals surface area (Å²) in [6.07, 6.45) is -0.386. The third-order valence-corrected chi connectivity index (χ3v) is 3.29. The van der Waals surface area contributed by atoms with Crippen LogP contribution in [0.25, 0.3) is 0 Å². The van der Waals surface area contributed by atoms with E-state index in [9.17, 15) is 5.11 Å². The SMILES string of the molecule is CC(O)CN(Cc1ccccc1Cl)c1ccccc1. The van der Waals surface area contributed by atoms with Gasteiger partial charge in [0.2, 0.25) is 0 Å². The molecule has 3 heteroatoms. The molecule has 0 fully saturated rings. The Hall–Kier alpha value is -1.51. The van der Waals surface area contributed by atoms with Crippen molar-refractivity contribution in [2.75, 3.05) is 11.4 Å². The van der Waals surface area contributed by atoms with E-state index in [2.05, 4.69) is 4.90 Å². The van der Waals surface area contributed by atoms with Crippen LogP contribution in [0.3, 0.4) is 0 Å². The topological polar surface area (TPSA) is 23.5 Å². The molecule has 1 unspecified atom stereocenters. The Morgan fingerprint density at radius 1 is 1.05 bits per heavy atom. The number of anilines is 1. The molecule has 100 valence electrons. The number of halogens is 1. The fourth-order valence-corrected chi connectivity index (χ4v) is 2.25. The largest absolute Gasteiger partial charge is 0.392 e. The van der Waals surface area contributed by atoms with Gasteiger partial charge in [-0.15, -0.1) is 0 Å². The lowest BCUT2D eigenvalue weighted by Crippen LogP contribution is -2.30. The van der Waals surface area contributed by atoms with Crippen molar-refractivity contribution in [1.82, 2.24) is 0 Å². The third-order valence-electron chi connectivity index (χ3n) is 2.92. The van der Waals surface area contributed by atoms with Crippen LogP contribution in [0, 0.1) is 0 Å². The summed E-state index contributed by atoms with van der Waals surface area (Å²) in [5, 5.41) is 10.4. The Kier molecular flexibility index (Phi) is 4.83. The number of hydrogen-bond donors (Lipinski definition) is 1. The Labute approximate surface area is 119 Å². The molecule has 1 atom stereocenters. The number of aliphatic hydroxyl groups is 1. The van der Waals surface area contributed by atoms with E-state index in [4.69, 9.17) is 11.6 Å². The molecule has 2 rings (SSSR count). The number of para-hydroxylation sites is 1. The van der Waals surface area contributed by atoms with Crippen molar-refractivity contribution >= 4 is 17.3 Å². The van der Waals surface area contributed by atoms with Gasteiger partial charge in [-0.1, -0.05) is 48.0 Å². The highest BCUT2D eigenvalue weighted by atomic mass is 35.5. The molecule has 19 heavy (non-hydrogen) atoms. The Morgan fingerprint density at radius 2 is 1.68 bits per heavy atom. The number of hydrogen-bond acceptors (Lipinski definition) is 2. The summed E-state index contributed by atoms with van der Waals surface area (Å²) in [5.74, 6) is 0. The van der Waals surface area contributed by atoms with Gasteiger partial charge in [-0.25, -0.2) is 0 Å². The minimum atomic E-state index is -0.386. The van der Waals surface area contributed by atoms with Crippen molar-refractivity contribution < 1.29 is 5.11 Å². The van der Waals surface area contributed by atoms with E-state index < -0.39 is 0 Å². The second-order valence-corrected chi connectivity index (χ2v) is 5.06. The first-order chi connectivity index (χ1) is 9.16. The van der Waals surface area contributed by atoms with Gasteiger partial charge in [0.25, 0.3) is 0 Å². The molecule has 0 aliphatic carbocycles. The molecule has 0 aliphatic heterocycles. The summed E-state index contributed by atoms with van der Waals surface area (Å²) in [5.41, 5.74) is 2.15. The molecule has 2 aromatic rings. The minimum Gasteiger partial charge on any atom is -0.392 e. The molecule has 0 heterocycles. The number of benzene rings is 2. The van der Waals surface area contributed by atoms with Gasteiger partial charge in [0, 0.05) is 23.8 Å². The van der Waals surface area contributed by atoms with Crippen LogP contribution in [0.1, 0.15) is 12.5 Å². The summed E-state index contributed by atoms with van der Waals surface area (Å²) in [6, 6.07) is 17.9. The number of rotatable bonds is 5. The number of aliphatic hydroxyl groups excluding tert-OH is 1. The van der Waals surface area contributed by atoms with Gasteiger partial charge in [0.1, 0.15) is 0 Å². The third kappa shape index (κ3) is 3.98. The molecule has 0 spiro atoms. The molecular weight excluding hydrogens is 258 g/mol. The lowest BCUT2D eigenvalue weighted by atomic mass is 10.2. The molecule has 0 bridgehead atoms. The first kappa shape index (κ1) is 13.9. The monoisotopic (exact) mass is 275 g/mol. The Bertz CT molecular complexity index is 513. The predicted octanol–water partition coefficient (Wildman–Crippen LogP) is 3.73. The van der Waals surface area contributed by atoms with Crippen LogP contribution in [-0.4, -0.2) is 17.8 Å². The Morgan fingerprint density at radius 3 is 2.32 bits per heavy atom. The highest BCUT2D eigenvalue weighted by Gasteiger charge is 2.11. The molecule has 2 nitrogen and oxygen atoms in total. The molecule has 0 amide bonds. The van der Waals surface area contributed by atoms with Gasteiger partial charge < -0.3 is 10.0 Å². The van der Waals surface area contributed by atoms with Gasteiger partial charge in [-0.3, -0.25) is 0 Å². The van der Waals surface area contributed by atoms with Gasteiger partial charge in [-0.2, -0.15) is 0 Å². The first-order valence-corrected chi connectivity index (χ1v) is 6.76. The van der Waals surface area contributed by atoms with Crippen molar-refractivity contribution in [2.45, 2.75) is 19.6 Å². The number of nitrogens with zero attached hydrogens (tertiary/aromatic N) is 1. The zero-order chi connectivity index (χ0) is 13.7. The second-order valence-electron chi connectivity index (χ2n) is 4.66. The van der Waals surface area contributed by atoms with Crippen LogP contribution in [0.5, 0.6) is 0 Å². The normalized spacial score (nSPS) is 12.2. The van der Waals surface area contributed by atoms with Crippen LogP contribution >= 0.6 is 11.6 Å². The van der Waals surface area contributed by atoms with Crippen LogP contribution in [0.2, 0.25) is 5.02 Å². The average Bonchev–Trinajstić information content (AvgIpc) is 2.41. The highest BCUT2D eigenvalue weighted by molar-refractivity contribution is 6.31. The minimum absolute atomic E-state index is 0.386. The first-order valence-electron chi connectivity index (χ1n) is 6.38. The van der Waals surface area contributed by atoms with Crippen molar-refractivity contribution in [3.63, 3.8) is 0 Å². The highest BCUT2D eigenvalue weighted by Crippen LogP contribution is 2.21. The van der Waals surface area contributed by atoms with Crippen LogP contribution in [-0.2, 0) is 6.54 Å². The molecule has 2 aromatic carbocycles. The van der Waals surface area contributed by atoms with E-state index >= 15 is 0 Å². The van der Waals surface area contributed by atoms with Crippen LogP contribution in [0.4, 0.5) is 5.69 Å². The fourth-order valence-electron chi connectivity index (χ4n) is 2.05. The van der Waals surface area contributed by atoms with E-state index in [0.29, 0.717) is 13.1 Å². The lowest BCUT2D eigenvalue weighted by molar-refractivity contribution is 0.199. The molecule has 0 radical (unpaired) electrons. The van der Waals surface area contributed by atoms with E-state index in [1.54, 1.807) is 6.92 Å². The predicted molar refractivity (Wildman–Crippen MR) is 80.6 cm³/mol. The van der Waals surface area contributed by atoms with Crippen LogP contribution in [0.15, 0.2) is 54.6 Å². The van der Waals surface area contributed by atoms with Crippen molar-refractivity contribution in [3.8, 4) is 0 Å². The summed E-state index contributed by atoms with van der Waals surface area (Å²) in [6.45, 7) is 3.06. The van der Waals surface area contributed by atoms with Crippen molar-refractivity contribution in [2.24, 2.45) is 0 Å². The van der Waals surface area contributed by atoms with Gasteiger partial charge >= 0.3 is 0 Å². The molecule has 1 N–H and O–H groups in total. The van der Waals surface area contributed by atoms with Gasteiger partial charge in [0.15, 0.2) is 0 Å². The summed E-state index contributed by atoms with van der Waals surface area (Å²) < 4.78 is 0. The van der Waals surface area contributed by atoms with Crippen molar-refractivity contribution in [1.29, 1.82) is 0 Å². The second kappa shape index (κ2) is 6.60. The average molecular weight is 276 g/mol. The molecular formula is C16H18ClNO. The molecule has 0 aliphatic rings. The quantitative estimate of drug-likeness (QED) is 0.899. The van der Waals surface area contributed by atoms with Gasteiger partial charge in [0.05, 0.1) is 6.10 Å². The maximum absolute atomic E-state index is 9.66. The van der Waals surface area contributed by atoms with E-state index in [0.717, 1.165) is 16.3 Å². The summed E-state index contributed by atoms with van der Waals surface area (Å²) in [4.78, 5) is 2.13. The Balaban J connectivity index is 2.22. The standard InChI is InChI=1S/C16H18ClNO/c1-13(19)11-18(15-8-3-2-4-9-15)12-14-7-5-6-10-16(14)17/h2-10,13,19H,11-12H2,1H3. The zero-order valence-corrected chi connectivity index (χ0v) is 11.7. The molecule has 0 saturated heterocycles. The van der Waals surface area contributed by atoms with E-state index in [1.165, 1.54) is 0 Å². The fraction of sp³-hybridized carbons (Fsp3) is 0.250. The van der Waals surface area contributed by atoms with Crippen molar-refractivity contribution in [3.05, 3.63) is 65.2 Å². The van der Waals surface area contributed by atoms with E-state index in [1.807, 2.05) is 54.6 Å². The van der Waals surface area contributed by atoms with E-state index in [-0.39, 0.29) is 6.10 Å². The molecule has 0 aromatic heterocycles. The van der Waals surface area contributed by atoms with Crippen LogP contribution < -0.4 is 4.90 Å². The smallest absolute Gasteiger partial charge is 0.0687 e. The molecule has 0 saturated carbocycles. The summed E-state index contributed by atoms with van der Waals surface area (Å²) in [7, 11) is 0. The maximum Gasteiger partial charge on any atom is 0.0687 e. The van der Waals surface area contributed by atoms with Gasteiger partial charge in [-0.05, 0) is 30.7 Å².